The Balaban J connectivity index is 2.72. The number of amides is 1. The minimum Gasteiger partial charge on any atom is -0.480 e. The molecule has 1 aromatic rings. The molecule has 0 radical (unpaired) electrons. The number of thioether (sulfide) groups is 1. The highest BCUT2D eigenvalue weighted by Gasteiger charge is 2.20. The lowest BCUT2D eigenvalue weighted by Crippen LogP contribution is -2.37. The summed E-state index contributed by atoms with van der Waals surface area (Å²) in [6, 6.07) is 5.69. The third-order valence-electron chi connectivity index (χ3n) is 2.59. The van der Waals surface area contributed by atoms with Crippen LogP contribution < -0.4 is 0 Å². The molecule has 21 heavy (non-hydrogen) atoms. The summed E-state index contributed by atoms with van der Waals surface area (Å²) >= 11 is 1.47. The van der Waals surface area contributed by atoms with Crippen molar-refractivity contribution in [1.82, 2.24) is 4.90 Å². The smallest absolute Gasteiger partial charge is 0.323 e. The van der Waals surface area contributed by atoms with Crippen molar-refractivity contribution in [1.29, 1.82) is 0 Å². The van der Waals surface area contributed by atoms with Crippen LogP contribution in [0.2, 0.25) is 0 Å². The molecule has 4 nitrogen and oxygen atoms in total. The minimum absolute atomic E-state index is 0.0690. The maximum Gasteiger partial charge on any atom is 0.323 e. The first-order chi connectivity index (χ1) is 9.67. The van der Waals surface area contributed by atoms with Gasteiger partial charge in [-0.15, -0.1) is 11.8 Å². The van der Waals surface area contributed by atoms with Crippen molar-refractivity contribution >= 4 is 23.6 Å². The lowest BCUT2D eigenvalue weighted by atomic mass is 10.2. The van der Waals surface area contributed by atoms with Crippen LogP contribution in [0, 0.1) is 5.82 Å². The average Bonchev–Trinajstić information content (AvgIpc) is 2.36. The van der Waals surface area contributed by atoms with Gasteiger partial charge in [0.2, 0.25) is 5.91 Å². The number of hydrogen-bond acceptors (Lipinski definition) is 3. The van der Waals surface area contributed by atoms with Crippen LogP contribution in [-0.2, 0) is 16.1 Å². The molecule has 6 heteroatoms. The van der Waals surface area contributed by atoms with Crippen molar-refractivity contribution in [3.05, 3.63) is 35.6 Å². The molecule has 0 aliphatic rings. The Bertz CT molecular complexity index is 497. The van der Waals surface area contributed by atoms with E-state index in [9.17, 15) is 14.0 Å². The van der Waals surface area contributed by atoms with Crippen molar-refractivity contribution in [2.24, 2.45) is 0 Å². The lowest BCUT2D eigenvalue weighted by molar-refractivity contribution is -0.143. The molecule has 1 amide bonds. The number of carbonyl (C=O) groups is 2. The zero-order valence-electron chi connectivity index (χ0n) is 12.4. The molecule has 0 fully saturated rings. The fourth-order valence-electron chi connectivity index (χ4n) is 1.58. The van der Waals surface area contributed by atoms with Gasteiger partial charge in [-0.1, -0.05) is 32.9 Å². The number of carbonyl (C=O) groups excluding carboxylic acids is 1. The molecule has 0 bridgehead atoms. The van der Waals surface area contributed by atoms with E-state index in [0.29, 0.717) is 5.56 Å². The van der Waals surface area contributed by atoms with Crippen LogP contribution in [0.15, 0.2) is 24.3 Å². The zero-order chi connectivity index (χ0) is 16.0. The molecule has 0 atom stereocenters. The van der Waals surface area contributed by atoms with Gasteiger partial charge in [0.05, 0.1) is 5.75 Å². The summed E-state index contributed by atoms with van der Waals surface area (Å²) < 4.78 is 12.8. The molecular weight excluding hydrogens is 293 g/mol. The van der Waals surface area contributed by atoms with Crippen LogP contribution in [0.5, 0.6) is 0 Å². The Hall–Kier alpha value is -1.56. The summed E-state index contributed by atoms with van der Waals surface area (Å²) in [6.07, 6.45) is 0. The maximum atomic E-state index is 12.9. The van der Waals surface area contributed by atoms with E-state index < -0.39 is 5.97 Å². The van der Waals surface area contributed by atoms with E-state index in [-0.39, 0.29) is 35.3 Å². The predicted octanol–water partition coefficient (Wildman–Crippen LogP) is 2.77. The van der Waals surface area contributed by atoms with Gasteiger partial charge in [-0.2, -0.15) is 0 Å². The summed E-state index contributed by atoms with van der Waals surface area (Å²) in [5.74, 6) is -1.44. The fraction of sp³-hybridized carbons (Fsp3) is 0.467. The van der Waals surface area contributed by atoms with Gasteiger partial charge in [0.1, 0.15) is 12.4 Å². The van der Waals surface area contributed by atoms with Gasteiger partial charge in [-0.05, 0) is 17.7 Å². The van der Waals surface area contributed by atoms with Crippen molar-refractivity contribution < 1.29 is 19.1 Å². The molecule has 0 unspecified atom stereocenters. The van der Waals surface area contributed by atoms with Gasteiger partial charge in [-0.3, -0.25) is 9.59 Å². The van der Waals surface area contributed by atoms with Gasteiger partial charge in [0.25, 0.3) is 0 Å². The molecule has 1 N–H and O–H groups in total. The highest BCUT2D eigenvalue weighted by Crippen LogP contribution is 2.23. The van der Waals surface area contributed by atoms with Crippen LogP contribution >= 0.6 is 11.8 Å². The highest BCUT2D eigenvalue weighted by molar-refractivity contribution is 8.01. The Morgan fingerprint density at radius 2 is 1.81 bits per heavy atom. The number of aliphatic carboxylic acids is 1. The molecule has 0 aliphatic heterocycles. The first kappa shape index (κ1) is 17.5. The Morgan fingerprint density at radius 1 is 1.24 bits per heavy atom. The lowest BCUT2D eigenvalue weighted by Gasteiger charge is -2.23. The van der Waals surface area contributed by atoms with E-state index in [1.807, 2.05) is 20.8 Å². The van der Waals surface area contributed by atoms with Crippen molar-refractivity contribution in [3.8, 4) is 0 Å². The second kappa shape index (κ2) is 7.45. The molecule has 0 aliphatic carbocycles. The topological polar surface area (TPSA) is 57.6 Å². The molecule has 1 aromatic carbocycles. The first-order valence-corrected chi connectivity index (χ1v) is 7.54. The van der Waals surface area contributed by atoms with Gasteiger partial charge >= 0.3 is 5.97 Å². The number of benzene rings is 1. The molecule has 0 heterocycles. The monoisotopic (exact) mass is 313 g/mol. The second-order valence-corrected chi connectivity index (χ2v) is 7.47. The van der Waals surface area contributed by atoms with Crippen LogP contribution in [0.1, 0.15) is 26.3 Å². The van der Waals surface area contributed by atoms with Gasteiger partial charge in [0.15, 0.2) is 0 Å². The van der Waals surface area contributed by atoms with E-state index in [0.717, 1.165) is 0 Å². The molecule has 0 saturated heterocycles. The van der Waals surface area contributed by atoms with Gasteiger partial charge in [-0.25, -0.2) is 4.39 Å². The van der Waals surface area contributed by atoms with Gasteiger partial charge in [0, 0.05) is 11.3 Å². The molecule has 0 saturated carbocycles. The third-order valence-corrected chi connectivity index (χ3v) is 3.85. The van der Waals surface area contributed by atoms with Gasteiger partial charge < -0.3 is 10.0 Å². The number of hydrogen-bond donors (Lipinski definition) is 1. The largest absolute Gasteiger partial charge is 0.480 e. The summed E-state index contributed by atoms with van der Waals surface area (Å²) in [5.41, 5.74) is 0.701. The Labute approximate surface area is 128 Å². The Morgan fingerprint density at radius 3 is 2.29 bits per heavy atom. The normalized spacial score (nSPS) is 11.2. The third kappa shape index (κ3) is 7.13. The standard InChI is InChI=1S/C15H20FNO3S/c1-15(2,3)21-10-13(18)17(9-14(19)20)8-11-4-6-12(16)7-5-11/h4-7H,8-10H2,1-3H3,(H,19,20). The summed E-state index contributed by atoms with van der Waals surface area (Å²) in [4.78, 5) is 24.3. The fourth-order valence-corrected chi connectivity index (χ4v) is 2.31. The van der Waals surface area contributed by atoms with E-state index >= 15 is 0 Å². The summed E-state index contributed by atoms with van der Waals surface area (Å²) in [7, 11) is 0. The van der Waals surface area contributed by atoms with E-state index in [1.54, 1.807) is 12.1 Å². The second-order valence-electron chi connectivity index (χ2n) is 5.67. The van der Waals surface area contributed by atoms with E-state index in [2.05, 4.69) is 0 Å². The number of rotatable bonds is 6. The van der Waals surface area contributed by atoms with Crippen molar-refractivity contribution in [3.63, 3.8) is 0 Å². The van der Waals surface area contributed by atoms with Crippen LogP contribution in [0.4, 0.5) is 4.39 Å². The van der Waals surface area contributed by atoms with Crippen LogP contribution in [0.25, 0.3) is 0 Å². The zero-order valence-corrected chi connectivity index (χ0v) is 13.2. The molecule has 0 aromatic heterocycles. The first-order valence-electron chi connectivity index (χ1n) is 6.55. The summed E-state index contributed by atoms with van der Waals surface area (Å²) in [5, 5.41) is 8.92. The van der Waals surface area contributed by atoms with Crippen LogP contribution in [0.3, 0.4) is 0 Å². The highest BCUT2D eigenvalue weighted by atomic mass is 32.2. The summed E-state index contributed by atoms with van der Waals surface area (Å²) in [6.45, 7) is 5.78. The number of carboxylic acid groups (broad SMARTS) is 1. The number of nitrogens with zero attached hydrogens (tertiary/aromatic N) is 1. The number of carboxylic acids is 1. The molecule has 0 spiro atoms. The van der Waals surface area contributed by atoms with E-state index in [4.69, 9.17) is 5.11 Å². The average molecular weight is 313 g/mol. The predicted molar refractivity (Wildman–Crippen MR) is 81.7 cm³/mol. The maximum absolute atomic E-state index is 12.9. The van der Waals surface area contributed by atoms with Crippen LogP contribution in [-0.4, -0.2) is 38.9 Å². The van der Waals surface area contributed by atoms with Crippen molar-refractivity contribution in [2.75, 3.05) is 12.3 Å². The SMILES string of the molecule is CC(C)(C)SCC(=O)N(CC(=O)O)Cc1ccc(F)cc1. The molecule has 1 rings (SSSR count). The van der Waals surface area contributed by atoms with Crippen molar-refractivity contribution in [2.45, 2.75) is 32.1 Å². The van der Waals surface area contributed by atoms with E-state index in [1.165, 1.54) is 28.8 Å². The number of halogens is 1. The molecular formula is C15H20FNO3S. The minimum atomic E-state index is -1.06. The Kier molecular flexibility index (Phi) is 6.20. The molecule has 116 valence electrons. The quantitative estimate of drug-likeness (QED) is 0.877.